The summed E-state index contributed by atoms with van der Waals surface area (Å²) in [7, 11) is 1.21. The molecular formula is C16H22O6S. The third-order valence-electron chi connectivity index (χ3n) is 3.60. The summed E-state index contributed by atoms with van der Waals surface area (Å²) in [6, 6.07) is 9.51. The second kappa shape index (κ2) is 8.65. The fourth-order valence-electron chi connectivity index (χ4n) is 2.39. The van der Waals surface area contributed by atoms with Crippen molar-refractivity contribution in [2.24, 2.45) is 0 Å². The molecule has 0 amide bonds. The summed E-state index contributed by atoms with van der Waals surface area (Å²) in [5.41, 5.74) is 0.385. The smallest absolute Gasteiger partial charge is 0.337 e. The zero-order valence-corrected chi connectivity index (χ0v) is 13.9. The van der Waals surface area contributed by atoms with Crippen LogP contribution >= 0.6 is 11.8 Å². The van der Waals surface area contributed by atoms with E-state index in [1.165, 1.54) is 18.9 Å². The van der Waals surface area contributed by atoms with Gasteiger partial charge in [0.2, 0.25) is 0 Å². The van der Waals surface area contributed by atoms with Crippen LogP contribution in [-0.4, -0.2) is 58.9 Å². The molecular weight excluding hydrogens is 320 g/mol. The van der Waals surface area contributed by atoms with Gasteiger partial charge in [-0.15, -0.1) is 11.8 Å². The Morgan fingerprint density at radius 3 is 2.57 bits per heavy atom. The van der Waals surface area contributed by atoms with Crippen LogP contribution in [0.1, 0.15) is 12.5 Å². The maximum absolute atomic E-state index is 11.7. The van der Waals surface area contributed by atoms with Gasteiger partial charge in [-0.2, -0.15) is 0 Å². The van der Waals surface area contributed by atoms with Crippen molar-refractivity contribution in [3.63, 3.8) is 0 Å². The van der Waals surface area contributed by atoms with Crippen LogP contribution in [0.15, 0.2) is 30.3 Å². The lowest BCUT2D eigenvalue weighted by Crippen LogP contribution is -2.59. The number of hydrogen-bond donors (Lipinski definition) is 2. The third-order valence-corrected chi connectivity index (χ3v) is 4.64. The van der Waals surface area contributed by atoms with Crippen LogP contribution in [0.25, 0.3) is 0 Å². The van der Waals surface area contributed by atoms with Gasteiger partial charge in [-0.1, -0.05) is 37.3 Å². The van der Waals surface area contributed by atoms with Crippen molar-refractivity contribution < 1.29 is 29.2 Å². The molecule has 2 N–H and O–H groups in total. The van der Waals surface area contributed by atoms with Crippen LogP contribution in [0.5, 0.6) is 0 Å². The van der Waals surface area contributed by atoms with Crippen LogP contribution in [0.4, 0.5) is 0 Å². The zero-order chi connectivity index (χ0) is 16.8. The first-order chi connectivity index (χ1) is 11.1. The van der Waals surface area contributed by atoms with Crippen molar-refractivity contribution in [3.8, 4) is 0 Å². The fraction of sp³-hybridized carbons (Fsp3) is 0.562. The minimum absolute atomic E-state index is 0.280. The van der Waals surface area contributed by atoms with Gasteiger partial charge in [0.05, 0.1) is 13.7 Å². The first-order valence-electron chi connectivity index (χ1n) is 7.45. The van der Waals surface area contributed by atoms with E-state index in [4.69, 9.17) is 9.47 Å². The van der Waals surface area contributed by atoms with Gasteiger partial charge in [-0.05, 0) is 11.3 Å². The topological polar surface area (TPSA) is 85.2 Å². The van der Waals surface area contributed by atoms with Gasteiger partial charge in [0.1, 0.15) is 23.7 Å². The number of rotatable bonds is 6. The second-order valence-corrected chi connectivity index (χ2v) is 6.52. The van der Waals surface area contributed by atoms with Crippen molar-refractivity contribution in [2.75, 3.05) is 12.9 Å². The molecule has 1 heterocycles. The third kappa shape index (κ3) is 4.45. The van der Waals surface area contributed by atoms with Gasteiger partial charge in [-0.3, -0.25) is 0 Å². The van der Waals surface area contributed by atoms with Crippen LogP contribution in [-0.2, 0) is 25.6 Å². The number of hydrogen-bond acceptors (Lipinski definition) is 7. The Labute approximate surface area is 139 Å². The average molecular weight is 342 g/mol. The molecule has 0 spiro atoms. The molecule has 0 aromatic heterocycles. The Morgan fingerprint density at radius 1 is 1.26 bits per heavy atom. The fourth-order valence-corrected chi connectivity index (χ4v) is 3.35. The van der Waals surface area contributed by atoms with Crippen molar-refractivity contribution in [3.05, 3.63) is 35.9 Å². The predicted molar refractivity (Wildman–Crippen MR) is 85.8 cm³/mol. The van der Waals surface area contributed by atoms with Crippen molar-refractivity contribution in [1.29, 1.82) is 0 Å². The minimum atomic E-state index is -1.39. The van der Waals surface area contributed by atoms with E-state index in [1.54, 1.807) is 0 Å². The molecule has 23 heavy (non-hydrogen) atoms. The number of ether oxygens (including phenoxy) is 3. The van der Waals surface area contributed by atoms with Crippen LogP contribution in [0, 0.1) is 0 Å². The Kier molecular flexibility index (Phi) is 6.86. The summed E-state index contributed by atoms with van der Waals surface area (Å²) in [5, 5.41) is 20.5. The molecule has 2 unspecified atom stereocenters. The monoisotopic (exact) mass is 342 g/mol. The Bertz CT molecular complexity index is 497. The maximum atomic E-state index is 11.7. The van der Waals surface area contributed by atoms with Gasteiger partial charge in [-0.25, -0.2) is 4.79 Å². The van der Waals surface area contributed by atoms with E-state index in [9.17, 15) is 15.0 Å². The summed E-state index contributed by atoms with van der Waals surface area (Å²) in [6.07, 6.45) is -4.58. The molecule has 1 saturated heterocycles. The first-order valence-corrected chi connectivity index (χ1v) is 8.50. The standard InChI is InChI=1S/C16H22O6S/c1-3-23-16-14(21-9-10-7-5-4-6-8-10)12(18)11(17)13(22-16)15(19)20-2/h4-8,11-14,16-18H,3,9H2,1-2H3/t11-,12+,13?,14?,16+/m1/s1. The molecule has 1 fully saturated rings. The highest BCUT2D eigenvalue weighted by atomic mass is 32.2. The van der Waals surface area contributed by atoms with Gasteiger partial charge >= 0.3 is 5.97 Å². The normalized spacial score (nSPS) is 30.9. The predicted octanol–water partition coefficient (Wildman–Crippen LogP) is 0.945. The van der Waals surface area contributed by atoms with Gasteiger partial charge in [0, 0.05) is 0 Å². The van der Waals surface area contributed by atoms with Crippen LogP contribution in [0.3, 0.4) is 0 Å². The lowest BCUT2D eigenvalue weighted by Gasteiger charge is -2.41. The van der Waals surface area contributed by atoms with E-state index in [-0.39, 0.29) is 6.61 Å². The molecule has 1 aliphatic heterocycles. The molecule has 1 aliphatic rings. The molecule has 2 rings (SSSR count). The Morgan fingerprint density at radius 2 is 1.96 bits per heavy atom. The highest BCUT2D eigenvalue weighted by molar-refractivity contribution is 7.99. The summed E-state index contributed by atoms with van der Waals surface area (Å²) in [6.45, 7) is 2.22. The van der Waals surface area contributed by atoms with Crippen molar-refractivity contribution in [1.82, 2.24) is 0 Å². The van der Waals surface area contributed by atoms with Gasteiger partial charge in [0.25, 0.3) is 0 Å². The Balaban J connectivity index is 2.08. The maximum Gasteiger partial charge on any atom is 0.337 e. The number of aliphatic hydroxyl groups is 2. The summed E-state index contributed by atoms with van der Waals surface area (Å²) >= 11 is 1.41. The number of methoxy groups -OCH3 is 1. The molecule has 0 bridgehead atoms. The SMILES string of the molecule is CCS[C@@H]1OC(C(=O)OC)[C@H](O)[C@H](O)C1OCc1ccccc1. The van der Waals surface area contributed by atoms with Crippen LogP contribution in [0.2, 0.25) is 0 Å². The molecule has 6 nitrogen and oxygen atoms in total. The number of carbonyl (C=O) groups excluding carboxylic acids is 1. The first kappa shape index (κ1) is 18.2. The molecule has 0 radical (unpaired) electrons. The van der Waals surface area contributed by atoms with E-state index >= 15 is 0 Å². The average Bonchev–Trinajstić information content (AvgIpc) is 2.58. The summed E-state index contributed by atoms with van der Waals surface area (Å²) < 4.78 is 16.0. The van der Waals surface area contributed by atoms with Crippen molar-refractivity contribution >= 4 is 17.7 Å². The Hall–Kier alpha value is -1.12. The number of aliphatic hydroxyl groups excluding tert-OH is 2. The molecule has 0 saturated carbocycles. The van der Waals surface area contributed by atoms with E-state index in [0.29, 0.717) is 5.75 Å². The number of benzene rings is 1. The van der Waals surface area contributed by atoms with E-state index < -0.39 is 35.8 Å². The molecule has 1 aromatic rings. The number of esters is 1. The van der Waals surface area contributed by atoms with E-state index in [2.05, 4.69) is 4.74 Å². The highest BCUT2D eigenvalue weighted by Crippen LogP contribution is 2.31. The largest absolute Gasteiger partial charge is 0.467 e. The number of thioether (sulfide) groups is 1. The summed E-state index contributed by atoms with van der Waals surface area (Å²) in [4.78, 5) is 11.7. The number of carbonyl (C=O) groups is 1. The quantitative estimate of drug-likeness (QED) is 0.744. The molecule has 128 valence electrons. The summed E-state index contributed by atoms with van der Waals surface area (Å²) in [5.74, 6) is 0.00630. The highest BCUT2D eigenvalue weighted by Gasteiger charge is 2.48. The second-order valence-electron chi connectivity index (χ2n) is 5.15. The van der Waals surface area contributed by atoms with Crippen molar-refractivity contribution in [2.45, 2.75) is 43.4 Å². The van der Waals surface area contributed by atoms with Crippen LogP contribution < -0.4 is 0 Å². The molecule has 7 heteroatoms. The lowest BCUT2D eigenvalue weighted by atomic mass is 9.99. The zero-order valence-electron chi connectivity index (χ0n) is 13.1. The molecule has 0 aliphatic carbocycles. The van der Waals surface area contributed by atoms with Gasteiger partial charge in [0.15, 0.2) is 6.10 Å². The van der Waals surface area contributed by atoms with Gasteiger partial charge < -0.3 is 24.4 Å². The molecule has 5 atom stereocenters. The molecule has 1 aromatic carbocycles. The lowest BCUT2D eigenvalue weighted by molar-refractivity contribution is -0.222. The minimum Gasteiger partial charge on any atom is -0.467 e. The van der Waals surface area contributed by atoms with E-state index in [0.717, 1.165) is 5.56 Å². The van der Waals surface area contributed by atoms with E-state index in [1.807, 2.05) is 37.3 Å².